The number of hydrogen-bond donors (Lipinski definition) is 0. The zero-order valence-electron chi connectivity index (χ0n) is 7.26. The smallest absolute Gasteiger partial charge is 0.0380 e. The van der Waals surface area contributed by atoms with Crippen LogP contribution in [0.3, 0.4) is 0 Å². The van der Waals surface area contributed by atoms with E-state index in [1.165, 1.54) is 24.2 Å². The van der Waals surface area contributed by atoms with Crippen LogP contribution in [0.15, 0.2) is 0 Å². The molecule has 3 rings (SSSR count). The topological polar surface area (TPSA) is 0 Å². The van der Waals surface area contributed by atoms with Gasteiger partial charge >= 0.3 is 0 Å². The van der Waals surface area contributed by atoms with Crippen LogP contribution in [0, 0.1) is 23.7 Å². The van der Waals surface area contributed by atoms with Crippen LogP contribution >= 0.6 is 0 Å². The fraction of sp³-hybridized carbons (Fsp3) is 1.00. The number of hydrogen-bond acceptors (Lipinski definition) is 0. The molecule has 0 N–H and O–H groups in total. The second-order valence-corrected chi connectivity index (χ2v) is 5.13. The summed E-state index contributed by atoms with van der Waals surface area (Å²) < 4.78 is 0. The Kier molecular flexibility index (Phi) is 1.33. The van der Waals surface area contributed by atoms with Gasteiger partial charge < -0.3 is 0 Å². The average molecular weight is 150 g/mol. The summed E-state index contributed by atoms with van der Waals surface area (Å²) in [5.74, 6) is 4.75. The highest BCUT2D eigenvalue weighted by molar-refractivity contribution is 4.96. The first-order valence-corrected chi connectivity index (χ1v) is 5.42. The van der Waals surface area contributed by atoms with Gasteiger partial charge in [0.1, 0.15) is 0 Å². The van der Waals surface area contributed by atoms with Gasteiger partial charge in [0.2, 0.25) is 0 Å². The van der Waals surface area contributed by atoms with E-state index in [2.05, 4.69) is 0 Å². The minimum atomic E-state index is 1.16. The molecule has 0 nitrogen and oxygen atoms in total. The fourth-order valence-corrected chi connectivity index (χ4v) is 3.23. The lowest BCUT2D eigenvalue weighted by atomic mass is 9.78. The molecule has 11 heavy (non-hydrogen) atoms. The van der Waals surface area contributed by atoms with Crippen molar-refractivity contribution >= 4 is 0 Å². The third-order valence-corrected chi connectivity index (χ3v) is 4.23. The van der Waals surface area contributed by atoms with Gasteiger partial charge in [-0.25, -0.2) is 0 Å². The van der Waals surface area contributed by atoms with E-state index < -0.39 is 0 Å². The lowest BCUT2D eigenvalue weighted by molar-refractivity contribution is 0.242. The molecule has 0 aromatic rings. The van der Waals surface area contributed by atoms with Gasteiger partial charge in [-0.1, -0.05) is 19.3 Å². The summed E-state index contributed by atoms with van der Waals surface area (Å²) in [5.41, 5.74) is 0. The summed E-state index contributed by atoms with van der Waals surface area (Å²) >= 11 is 0. The number of fused-ring (bicyclic) bond motifs is 1. The Morgan fingerprint density at radius 1 is 0.818 bits per heavy atom. The van der Waals surface area contributed by atoms with Crippen molar-refractivity contribution in [2.45, 2.75) is 44.9 Å². The van der Waals surface area contributed by atoms with Crippen molar-refractivity contribution in [2.75, 3.05) is 0 Å². The Hall–Kier alpha value is 0. The first-order valence-electron chi connectivity index (χ1n) is 5.42. The fourth-order valence-electron chi connectivity index (χ4n) is 3.23. The van der Waals surface area contributed by atoms with Crippen molar-refractivity contribution in [3.05, 3.63) is 0 Å². The van der Waals surface area contributed by atoms with Crippen molar-refractivity contribution < 1.29 is 0 Å². The van der Waals surface area contributed by atoms with Crippen LogP contribution in [0.5, 0.6) is 0 Å². The lowest BCUT2D eigenvalue weighted by Gasteiger charge is -2.28. The highest BCUT2D eigenvalue weighted by Gasteiger charge is 2.46. The molecule has 0 heteroatoms. The SMILES string of the molecule is C1CC(CC2CC3C[C@@H]3C2)C1. The zero-order valence-corrected chi connectivity index (χ0v) is 7.26. The Morgan fingerprint density at radius 2 is 1.55 bits per heavy atom. The quantitative estimate of drug-likeness (QED) is 0.567. The predicted molar refractivity (Wildman–Crippen MR) is 46.3 cm³/mol. The van der Waals surface area contributed by atoms with E-state index in [0.717, 1.165) is 5.92 Å². The van der Waals surface area contributed by atoms with Crippen LogP contribution in [0.4, 0.5) is 0 Å². The van der Waals surface area contributed by atoms with E-state index in [0.29, 0.717) is 0 Å². The second kappa shape index (κ2) is 2.24. The molecule has 0 heterocycles. The van der Waals surface area contributed by atoms with Crippen molar-refractivity contribution in [3.63, 3.8) is 0 Å². The summed E-state index contributed by atoms with van der Waals surface area (Å²) in [4.78, 5) is 0. The molecule has 0 radical (unpaired) electrons. The van der Waals surface area contributed by atoms with Crippen molar-refractivity contribution in [2.24, 2.45) is 23.7 Å². The molecule has 0 aliphatic heterocycles. The van der Waals surface area contributed by atoms with Crippen molar-refractivity contribution in [1.82, 2.24) is 0 Å². The molecule has 0 saturated heterocycles. The van der Waals surface area contributed by atoms with Crippen molar-refractivity contribution in [1.29, 1.82) is 0 Å². The van der Waals surface area contributed by atoms with Gasteiger partial charge in [-0.2, -0.15) is 0 Å². The van der Waals surface area contributed by atoms with E-state index >= 15 is 0 Å². The van der Waals surface area contributed by atoms with Gasteiger partial charge in [-0.15, -0.1) is 0 Å². The van der Waals surface area contributed by atoms with Crippen molar-refractivity contribution in [3.8, 4) is 0 Å². The van der Waals surface area contributed by atoms with E-state index in [1.807, 2.05) is 0 Å². The van der Waals surface area contributed by atoms with Gasteiger partial charge in [-0.3, -0.25) is 0 Å². The normalized spacial score (nSPS) is 48.5. The molecule has 3 aliphatic rings. The molecule has 3 saturated carbocycles. The maximum absolute atomic E-state index is 1.61. The largest absolute Gasteiger partial charge is 0.0528 e. The van der Waals surface area contributed by atoms with Gasteiger partial charge in [-0.05, 0) is 49.4 Å². The monoisotopic (exact) mass is 150 g/mol. The van der Waals surface area contributed by atoms with E-state index in [4.69, 9.17) is 0 Å². The summed E-state index contributed by atoms with van der Waals surface area (Å²) in [6, 6.07) is 0. The third kappa shape index (κ3) is 1.11. The molecule has 0 bridgehead atoms. The standard InChI is InChI=1S/C11H18/c1-2-8(3-1)4-9-5-10-7-11(10)6-9/h8-11H,1-7H2/t9?,10-,11?/m0/s1. The maximum Gasteiger partial charge on any atom is -0.0380 e. The maximum atomic E-state index is 1.61. The molecule has 0 amide bonds. The predicted octanol–water partition coefficient (Wildman–Crippen LogP) is 3.22. The summed E-state index contributed by atoms with van der Waals surface area (Å²) in [6.07, 6.45) is 11.1. The van der Waals surface area contributed by atoms with E-state index in [-0.39, 0.29) is 0 Å². The van der Waals surface area contributed by atoms with Gasteiger partial charge in [0.15, 0.2) is 0 Å². The molecule has 3 atom stereocenters. The van der Waals surface area contributed by atoms with Crippen LogP contribution in [0.1, 0.15) is 44.9 Å². The zero-order chi connectivity index (χ0) is 7.26. The van der Waals surface area contributed by atoms with Gasteiger partial charge in [0.25, 0.3) is 0 Å². The first kappa shape index (κ1) is 6.51. The summed E-state index contributed by atoms with van der Waals surface area (Å²) in [7, 11) is 0. The number of rotatable bonds is 2. The lowest BCUT2D eigenvalue weighted by Crippen LogP contribution is -2.15. The molecule has 62 valence electrons. The van der Waals surface area contributed by atoms with Gasteiger partial charge in [0.05, 0.1) is 0 Å². The van der Waals surface area contributed by atoms with Crippen LogP contribution in [0.25, 0.3) is 0 Å². The van der Waals surface area contributed by atoms with Gasteiger partial charge in [0, 0.05) is 0 Å². The minimum absolute atomic E-state index is 1.16. The summed E-state index contributed by atoms with van der Waals surface area (Å²) in [5, 5.41) is 0. The third-order valence-electron chi connectivity index (χ3n) is 4.23. The second-order valence-electron chi connectivity index (χ2n) is 5.13. The Labute approximate surface area is 69.4 Å². The van der Waals surface area contributed by atoms with Crippen LogP contribution in [-0.2, 0) is 0 Å². The van der Waals surface area contributed by atoms with Crippen LogP contribution in [0.2, 0.25) is 0 Å². The molecule has 0 aromatic carbocycles. The average Bonchev–Trinajstić information content (AvgIpc) is 2.51. The Morgan fingerprint density at radius 3 is 2.09 bits per heavy atom. The first-order chi connectivity index (χ1) is 5.42. The molecular formula is C11H18. The molecule has 2 unspecified atom stereocenters. The molecule has 3 aliphatic carbocycles. The Bertz CT molecular complexity index is 147. The molecule has 0 spiro atoms. The highest BCUT2D eigenvalue weighted by atomic mass is 14.5. The van der Waals surface area contributed by atoms with Crippen LogP contribution in [-0.4, -0.2) is 0 Å². The van der Waals surface area contributed by atoms with E-state index in [9.17, 15) is 0 Å². The minimum Gasteiger partial charge on any atom is -0.0528 e. The van der Waals surface area contributed by atoms with Crippen LogP contribution < -0.4 is 0 Å². The highest BCUT2D eigenvalue weighted by Crippen LogP contribution is 2.56. The molecular weight excluding hydrogens is 132 g/mol. The molecule has 3 fully saturated rings. The Balaban J connectivity index is 1.49. The van der Waals surface area contributed by atoms with E-state index in [1.54, 1.807) is 38.5 Å². The summed E-state index contributed by atoms with van der Waals surface area (Å²) in [6.45, 7) is 0. The molecule has 0 aromatic heterocycles.